The first-order chi connectivity index (χ1) is 13.8. The molecular formula is C24H18N2OS. The number of aromatic hydroxyl groups is 1. The number of nitrogens with zero attached hydrogens (tertiary/aromatic N) is 1. The van der Waals surface area contributed by atoms with Crippen LogP contribution in [-0.2, 0) is 6.42 Å². The molecule has 0 saturated heterocycles. The van der Waals surface area contributed by atoms with Crippen LogP contribution >= 0.6 is 11.3 Å². The molecule has 0 unspecified atom stereocenters. The summed E-state index contributed by atoms with van der Waals surface area (Å²) in [7, 11) is 0. The van der Waals surface area contributed by atoms with Crippen LogP contribution in [0.4, 0.5) is 10.8 Å². The van der Waals surface area contributed by atoms with E-state index in [4.69, 9.17) is 0 Å². The summed E-state index contributed by atoms with van der Waals surface area (Å²) in [5, 5.41) is 17.3. The summed E-state index contributed by atoms with van der Waals surface area (Å²) in [4.78, 5) is 4.67. The Hall–Kier alpha value is -3.37. The number of phenolic OH excluding ortho intramolecular Hbond substituents is 1. The Morgan fingerprint density at radius 2 is 1.61 bits per heavy atom. The van der Waals surface area contributed by atoms with Gasteiger partial charge in [-0.1, -0.05) is 78.1 Å². The van der Waals surface area contributed by atoms with E-state index in [9.17, 15) is 5.11 Å². The molecule has 0 bridgehead atoms. The second-order valence-electron chi connectivity index (χ2n) is 6.75. The summed E-state index contributed by atoms with van der Waals surface area (Å²) >= 11 is 1.59. The predicted octanol–water partition coefficient (Wildman–Crippen LogP) is 6.49. The third-order valence-electron chi connectivity index (χ3n) is 4.86. The molecule has 5 rings (SSSR count). The van der Waals surface area contributed by atoms with Crippen molar-refractivity contribution in [2.75, 3.05) is 5.32 Å². The average molecular weight is 382 g/mol. The van der Waals surface area contributed by atoms with Gasteiger partial charge >= 0.3 is 0 Å². The normalized spacial score (nSPS) is 11.1. The number of benzene rings is 4. The van der Waals surface area contributed by atoms with Crippen LogP contribution in [0.2, 0.25) is 0 Å². The zero-order valence-corrected chi connectivity index (χ0v) is 15.9. The van der Waals surface area contributed by atoms with Gasteiger partial charge in [0, 0.05) is 17.4 Å². The van der Waals surface area contributed by atoms with E-state index >= 15 is 0 Å². The third-order valence-corrected chi connectivity index (χ3v) is 5.82. The number of anilines is 2. The Balaban J connectivity index is 1.62. The Labute approximate surface area is 166 Å². The highest BCUT2D eigenvalue weighted by Gasteiger charge is 2.15. The minimum absolute atomic E-state index is 0.279. The van der Waals surface area contributed by atoms with E-state index < -0.39 is 0 Å². The first kappa shape index (κ1) is 16.8. The molecule has 0 fully saturated rings. The van der Waals surface area contributed by atoms with E-state index in [2.05, 4.69) is 40.6 Å². The lowest BCUT2D eigenvalue weighted by molar-refractivity contribution is 0.472. The van der Waals surface area contributed by atoms with Gasteiger partial charge in [-0.15, -0.1) is 0 Å². The van der Waals surface area contributed by atoms with Gasteiger partial charge in [0.1, 0.15) is 5.75 Å². The molecule has 0 saturated carbocycles. The topological polar surface area (TPSA) is 45.1 Å². The van der Waals surface area contributed by atoms with E-state index in [0.717, 1.165) is 31.7 Å². The molecule has 0 amide bonds. The molecule has 0 aliphatic heterocycles. The number of rotatable bonds is 4. The second kappa shape index (κ2) is 6.98. The number of phenols is 1. The van der Waals surface area contributed by atoms with Crippen LogP contribution in [-0.4, -0.2) is 10.1 Å². The van der Waals surface area contributed by atoms with Crippen molar-refractivity contribution >= 4 is 43.1 Å². The van der Waals surface area contributed by atoms with Crippen LogP contribution in [0.25, 0.3) is 21.0 Å². The van der Waals surface area contributed by atoms with Crippen molar-refractivity contribution in [2.24, 2.45) is 0 Å². The highest BCUT2D eigenvalue weighted by Crippen LogP contribution is 2.40. The fourth-order valence-corrected chi connectivity index (χ4v) is 4.37. The number of hydrogen-bond acceptors (Lipinski definition) is 4. The van der Waals surface area contributed by atoms with E-state index in [1.807, 2.05) is 54.6 Å². The summed E-state index contributed by atoms with van der Waals surface area (Å²) in [5.74, 6) is 0.279. The Bertz CT molecular complexity index is 1250. The zero-order chi connectivity index (χ0) is 18.9. The van der Waals surface area contributed by atoms with Crippen LogP contribution in [0.15, 0.2) is 84.9 Å². The predicted molar refractivity (Wildman–Crippen MR) is 118 cm³/mol. The molecule has 0 spiro atoms. The van der Waals surface area contributed by atoms with Gasteiger partial charge in [-0.25, -0.2) is 4.98 Å². The summed E-state index contributed by atoms with van der Waals surface area (Å²) < 4.78 is 1.12. The smallest absolute Gasteiger partial charge is 0.188 e. The molecule has 0 aliphatic rings. The second-order valence-corrected chi connectivity index (χ2v) is 7.79. The van der Waals surface area contributed by atoms with Crippen molar-refractivity contribution in [1.82, 2.24) is 4.98 Å². The molecule has 3 nitrogen and oxygen atoms in total. The SMILES string of the molecule is Oc1c(Cc2ccccc2)cc2ccccc2c1Nc1nc2ccccc2s1. The molecule has 4 heteroatoms. The molecule has 0 radical (unpaired) electrons. The molecule has 28 heavy (non-hydrogen) atoms. The lowest BCUT2D eigenvalue weighted by Gasteiger charge is -2.14. The van der Waals surface area contributed by atoms with Gasteiger partial charge in [0.15, 0.2) is 5.13 Å². The Morgan fingerprint density at radius 1 is 0.857 bits per heavy atom. The summed E-state index contributed by atoms with van der Waals surface area (Å²) in [6, 6.07) is 28.4. The van der Waals surface area contributed by atoms with Crippen molar-refractivity contribution in [3.63, 3.8) is 0 Å². The van der Waals surface area contributed by atoms with Crippen molar-refractivity contribution in [1.29, 1.82) is 0 Å². The van der Waals surface area contributed by atoms with Gasteiger partial charge in [0.05, 0.1) is 15.9 Å². The number of thiazole rings is 1. The van der Waals surface area contributed by atoms with E-state index in [1.165, 1.54) is 5.56 Å². The Kier molecular flexibility index (Phi) is 4.18. The van der Waals surface area contributed by atoms with Gasteiger partial charge in [0.2, 0.25) is 0 Å². The lowest BCUT2D eigenvalue weighted by atomic mass is 9.98. The zero-order valence-electron chi connectivity index (χ0n) is 15.1. The van der Waals surface area contributed by atoms with Crippen molar-refractivity contribution in [2.45, 2.75) is 6.42 Å². The summed E-state index contributed by atoms with van der Waals surface area (Å²) in [5.41, 5.74) is 3.73. The first-order valence-corrected chi connectivity index (χ1v) is 10.00. The van der Waals surface area contributed by atoms with E-state index in [-0.39, 0.29) is 5.75 Å². The van der Waals surface area contributed by atoms with Crippen LogP contribution in [0.3, 0.4) is 0 Å². The third kappa shape index (κ3) is 3.08. The Morgan fingerprint density at radius 3 is 2.46 bits per heavy atom. The number of aromatic nitrogens is 1. The lowest BCUT2D eigenvalue weighted by Crippen LogP contribution is -1.96. The molecule has 1 aromatic heterocycles. The molecule has 5 aromatic rings. The van der Waals surface area contributed by atoms with Crippen LogP contribution in [0.1, 0.15) is 11.1 Å². The van der Waals surface area contributed by atoms with Crippen molar-refractivity contribution in [3.05, 3.63) is 96.1 Å². The molecule has 4 aromatic carbocycles. The average Bonchev–Trinajstić information content (AvgIpc) is 3.14. The van der Waals surface area contributed by atoms with Gasteiger partial charge in [0.25, 0.3) is 0 Å². The monoisotopic (exact) mass is 382 g/mol. The fraction of sp³-hybridized carbons (Fsp3) is 0.0417. The maximum absolute atomic E-state index is 11.1. The van der Waals surface area contributed by atoms with Crippen molar-refractivity contribution in [3.8, 4) is 5.75 Å². The van der Waals surface area contributed by atoms with Gasteiger partial charge in [-0.2, -0.15) is 0 Å². The number of hydrogen-bond donors (Lipinski definition) is 2. The van der Waals surface area contributed by atoms with E-state index in [1.54, 1.807) is 11.3 Å². The van der Waals surface area contributed by atoms with Crippen LogP contribution in [0.5, 0.6) is 5.75 Å². The maximum atomic E-state index is 11.1. The van der Waals surface area contributed by atoms with Crippen molar-refractivity contribution < 1.29 is 5.11 Å². The minimum Gasteiger partial charge on any atom is -0.505 e. The first-order valence-electron chi connectivity index (χ1n) is 9.18. The summed E-state index contributed by atoms with van der Waals surface area (Å²) in [6.45, 7) is 0. The van der Waals surface area contributed by atoms with E-state index in [0.29, 0.717) is 12.1 Å². The summed E-state index contributed by atoms with van der Waals surface area (Å²) in [6.07, 6.45) is 0.673. The molecule has 0 atom stereocenters. The molecule has 0 aliphatic carbocycles. The van der Waals surface area contributed by atoms with Crippen LogP contribution in [0, 0.1) is 0 Å². The largest absolute Gasteiger partial charge is 0.505 e. The quantitative estimate of drug-likeness (QED) is 0.349. The molecular weight excluding hydrogens is 364 g/mol. The number of para-hydroxylation sites is 1. The molecule has 2 N–H and O–H groups in total. The van der Waals surface area contributed by atoms with Gasteiger partial charge in [-0.3, -0.25) is 0 Å². The number of nitrogens with one attached hydrogen (secondary N) is 1. The van der Waals surface area contributed by atoms with Crippen LogP contribution < -0.4 is 5.32 Å². The van der Waals surface area contributed by atoms with Gasteiger partial charge < -0.3 is 10.4 Å². The highest BCUT2D eigenvalue weighted by atomic mass is 32.1. The maximum Gasteiger partial charge on any atom is 0.188 e. The molecule has 1 heterocycles. The van der Waals surface area contributed by atoms with Gasteiger partial charge in [-0.05, 0) is 29.1 Å². The standard InChI is InChI=1S/C24H18N2OS/c27-23-18(14-16-8-2-1-3-9-16)15-17-10-4-5-11-19(17)22(23)26-24-25-20-12-6-7-13-21(20)28-24/h1-13,15,27H,14H2,(H,25,26). The molecule has 136 valence electrons. The number of fused-ring (bicyclic) bond motifs is 2. The minimum atomic E-state index is 0.279. The highest BCUT2D eigenvalue weighted by molar-refractivity contribution is 7.22. The fourth-order valence-electron chi connectivity index (χ4n) is 3.50.